The Morgan fingerprint density at radius 2 is 1.83 bits per heavy atom. The van der Waals surface area contributed by atoms with E-state index >= 15 is 0 Å². The van der Waals surface area contributed by atoms with Gasteiger partial charge in [-0.3, -0.25) is 9.78 Å². The van der Waals surface area contributed by atoms with Crippen molar-refractivity contribution in [1.29, 1.82) is 0 Å². The molecule has 3 aromatic rings. The second kappa shape index (κ2) is 8.95. The maximum absolute atomic E-state index is 13.8. The molecule has 1 aliphatic rings. The second-order valence-electron chi connectivity index (χ2n) is 8.64. The third kappa shape index (κ3) is 4.69. The number of halogens is 1. The summed E-state index contributed by atoms with van der Waals surface area (Å²) >= 11 is 0. The Hall–Kier alpha value is -2.75. The molecule has 0 radical (unpaired) electrons. The molecule has 1 aromatic heterocycles. The van der Waals surface area contributed by atoms with E-state index in [9.17, 15) is 9.18 Å². The standard InChI is InChI=1S/C26H28FNO2/c1-17-3-10-22(11-4-17)30-26(29)15-18(2)19-5-7-20(8-6-19)23-13-14-28-25-12-9-21(27)16-24(23)25/h3-4,9-14,16,18-20H,5-8,15H2,1-2H3/t18-,19?,20?/m0/s1. The van der Waals surface area contributed by atoms with E-state index in [0.717, 1.165) is 42.1 Å². The number of aromatic nitrogens is 1. The van der Waals surface area contributed by atoms with Crippen LogP contribution in [0.2, 0.25) is 0 Å². The van der Waals surface area contributed by atoms with Gasteiger partial charge in [-0.1, -0.05) is 24.6 Å². The molecule has 1 aliphatic carbocycles. The van der Waals surface area contributed by atoms with Crippen LogP contribution >= 0.6 is 0 Å². The quantitative estimate of drug-likeness (QED) is 0.355. The number of carbonyl (C=O) groups is 1. The normalized spacial score (nSPS) is 20.1. The second-order valence-corrected chi connectivity index (χ2v) is 8.64. The predicted molar refractivity (Wildman–Crippen MR) is 117 cm³/mol. The summed E-state index contributed by atoms with van der Waals surface area (Å²) in [4.78, 5) is 16.7. The first-order valence-corrected chi connectivity index (χ1v) is 10.8. The molecule has 4 heteroatoms. The molecule has 156 valence electrons. The molecule has 0 unspecified atom stereocenters. The summed E-state index contributed by atoms with van der Waals surface area (Å²) in [7, 11) is 0. The molecule has 3 nitrogen and oxygen atoms in total. The highest BCUT2D eigenvalue weighted by atomic mass is 19.1. The van der Waals surface area contributed by atoms with Crippen molar-refractivity contribution in [3.8, 4) is 5.75 Å². The number of benzene rings is 2. The molecular formula is C26H28FNO2. The first-order valence-electron chi connectivity index (χ1n) is 10.8. The van der Waals surface area contributed by atoms with Crippen LogP contribution in [0.1, 0.15) is 56.1 Å². The Morgan fingerprint density at radius 1 is 1.10 bits per heavy atom. The van der Waals surface area contributed by atoms with E-state index in [1.165, 1.54) is 11.6 Å². The highest BCUT2D eigenvalue weighted by Gasteiger charge is 2.28. The van der Waals surface area contributed by atoms with Gasteiger partial charge in [-0.05, 0) is 92.3 Å². The first kappa shape index (κ1) is 20.5. The molecule has 1 fully saturated rings. The van der Waals surface area contributed by atoms with Crippen molar-refractivity contribution in [3.63, 3.8) is 0 Å². The summed E-state index contributed by atoms with van der Waals surface area (Å²) in [6, 6.07) is 14.4. The van der Waals surface area contributed by atoms with Crippen molar-refractivity contribution >= 4 is 16.9 Å². The largest absolute Gasteiger partial charge is 0.427 e. The molecule has 0 N–H and O–H groups in total. The fourth-order valence-electron chi connectivity index (χ4n) is 4.70. The molecule has 0 amide bonds. The van der Waals surface area contributed by atoms with Gasteiger partial charge in [-0.2, -0.15) is 0 Å². The van der Waals surface area contributed by atoms with E-state index in [1.807, 2.05) is 43.5 Å². The van der Waals surface area contributed by atoms with E-state index in [0.29, 0.717) is 24.0 Å². The number of nitrogens with zero attached hydrogens (tertiary/aromatic N) is 1. The number of hydrogen-bond donors (Lipinski definition) is 0. The van der Waals surface area contributed by atoms with E-state index < -0.39 is 0 Å². The Labute approximate surface area is 177 Å². The molecule has 1 saturated carbocycles. The molecule has 0 spiro atoms. The van der Waals surface area contributed by atoms with Crippen molar-refractivity contribution in [2.45, 2.75) is 51.9 Å². The van der Waals surface area contributed by atoms with Gasteiger partial charge in [0.15, 0.2) is 0 Å². The minimum Gasteiger partial charge on any atom is -0.427 e. The lowest BCUT2D eigenvalue weighted by molar-refractivity contribution is -0.135. The Bertz CT molecular complexity index is 1020. The average Bonchev–Trinajstić information content (AvgIpc) is 2.75. The van der Waals surface area contributed by atoms with Crippen molar-refractivity contribution < 1.29 is 13.9 Å². The molecule has 1 atom stereocenters. The van der Waals surface area contributed by atoms with Crippen LogP contribution in [-0.4, -0.2) is 11.0 Å². The summed E-state index contributed by atoms with van der Waals surface area (Å²) in [5.41, 5.74) is 3.19. The Morgan fingerprint density at radius 3 is 2.57 bits per heavy atom. The lowest BCUT2D eigenvalue weighted by atomic mass is 9.73. The highest BCUT2D eigenvalue weighted by molar-refractivity contribution is 5.82. The van der Waals surface area contributed by atoms with Gasteiger partial charge in [0.05, 0.1) is 5.52 Å². The molecule has 0 saturated heterocycles. The summed E-state index contributed by atoms with van der Waals surface area (Å²) < 4.78 is 19.3. The smallest absolute Gasteiger partial charge is 0.311 e. The van der Waals surface area contributed by atoms with Crippen molar-refractivity contribution in [2.24, 2.45) is 11.8 Å². The zero-order valence-electron chi connectivity index (χ0n) is 17.6. The molecule has 30 heavy (non-hydrogen) atoms. The fraction of sp³-hybridized carbons (Fsp3) is 0.385. The van der Waals surface area contributed by atoms with Gasteiger partial charge in [0, 0.05) is 18.0 Å². The molecular weight excluding hydrogens is 377 g/mol. The van der Waals surface area contributed by atoms with Gasteiger partial charge in [0.25, 0.3) is 0 Å². The number of carbonyl (C=O) groups excluding carboxylic acids is 1. The van der Waals surface area contributed by atoms with Crippen LogP contribution in [0, 0.1) is 24.6 Å². The molecule has 2 aromatic carbocycles. The van der Waals surface area contributed by atoms with Crippen LogP contribution in [0.15, 0.2) is 54.7 Å². The number of fused-ring (bicyclic) bond motifs is 1. The topological polar surface area (TPSA) is 39.2 Å². The van der Waals surface area contributed by atoms with Gasteiger partial charge >= 0.3 is 5.97 Å². The average molecular weight is 406 g/mol. The van der Waals surface area contributed by atoms with Crippen molar-refractivity contribution in [1.82, 2.24) is 4.98 Å². The summed E-state index contributed by atoms with van der Waals surface area (Å²) in [5, 5.41) is 0.927. The van der Waals surface area contributed by atoms with Gasteiger partial charge < -0.3 is 4.74 Å². The zero-order valence-corrected chi connectivity index (χ0v) is 17.6. The van der Waals surface area contributed by atoms with Crippen molar-refractivity contribution in [2.75, 3.05) is 0 Å². The molecule has 1 heterocycles. The number of pyridine rings is 1. The van der Waals surface area contributed by atoms with Crippen LogP contribution in [0.25, 0.3) is 10.9 Å². The Balaban J connectivity index is 1.34. The van der Waals surface area contributed by atoms with Crippen LogP contribution in [-0.2, 0) is 4.79 Å². The lowest BCUT2D eigenvalue weighted by Gasteiger charge is -2.32. The number of rotatable bonds is 5. The molecule has 0 bridgehead atoms. The van der Waals surface area contributed by atoms with Gasteiger partial charge in [0.2, 0.25) is 0 Å². The van der Waals surface area contributed by atoms with Crippen LogP contribution in [0.5, 0.6) is 5.75 Å². The van der Waals surface area contributed by atoms with Crippen LogP contribution in [0.3, 0.4) is 0 Å². The number of ether oxygens (including phenoxy) is 1. The third-order valence-corrected chi connectivity index (χ3v) is 6.50. The van der Waals surface area contributed by atoms with E-state index in [1.54, 1.807) is 12.1 Å². The maximum atomic E-state index is 13.8. The number of esters is 1. The first-order chi connectivity index (χ1) is 14.5. The van der Waals surface area contributed by atoms with Gasteiger partial charge in [-0.25, -0.2) is 4.39 Å². The van der Waals surface area contributed by atoms with E-state index in [-0.39, 0.29) is 17.7 Å². The summed E-state index contributed by atoms with van der Waals surface area (Å²) in [6.07, 6.45) is 6.51. The lowest BCUT2D eigenvalue weighted by Crippen LogP contribution is -2.23. The van der Waals surface area contributed by atoms with Crippen LogP contribution in [0.4, 0.5) is 4.39 Å². The van der Waals surface area contributed by atoms with Gasteiger partial charge in [-0.15, -0.1) is 0 Å². The van der Waals surface area contributed by atoms with E-state index in [4.69, 9.17) is 4.74 Å². The summed E-state index contributed by atoms with van der Waals surface area (Å²) in [5.74, 6) is 1.45. The van der Waals surface area contributed by atoms with Crippen LogP contribution < -0.4 is 4.74 Å². The minimum absolute atomic E-state index is 0.163. The Kier molecular flexibility index (Phi) is 6.12. The maximum Gasteiger partial charge on any atom is 0.311 e. The monoisotopic (exact) mass is 405 g/mol. The highest BCUT2D eigenvalue weighted by Crippen LogP contribution is 2.41. The minimum atomic E-state index is -0.217. The molecule has 4 rings (SSSR count). The molecule has 0 aliphatic heterocycles. The van der Waals surface area contributed by atoms with Crippen molar-refractivity contribution in [3.05, 3.63) is 71.7 Å². The predicted octanol–water partition coefficient (Wildman–Crippen LogP) is 6.59. The zero-order chi connectivity index (χ0) is 21.1. The SMILES string of the molecule is Cc1ccc(OC(=O)C[C@H](C)C2CCC(c3ccnc4ccc(F)cc34)CC2)cc1. The fourth-order valence-corrected chi connectivity index (χ4v) is 4.70. The number of hydrogen-bond acceptors (Lipinski definition) is 3. The van der Waals surface area contributed by atoms with E-state index in [2.05, 4.69) is 11.9 Å². The third-order valence-electron chi connectivity index (χ3n) is 6.50. The van der Waals surface area contributed by atoms with Gasteiger partial charge in [0.1, 0.15) is 11.6 Å². The summed E-state index contributed by atoms with van der Waals surface area (Å²) in [6.45, 7) is 4.16. The number of aryl methyl sites for hydroxylation is 1.